The van der Waals surface area contributed by atoms with E-state index in [1.165, 1.54) is 0 Å². The molecule has 2 rings (SSSR count). The Morgan fingerprint density at radius 2 is 2.13 bits per heavy atom. The Hall–Kier alpha value is -2.15. The molecule has 7 heteroatoms. The fourth-order valence-electron chi connectivity index (χ4n) is 2.32. The maximum absolute atomic E-state index is 12.1. The molecule has 0 spiro atoms. The minimum absolute atomic E-state index is 0.0708. The van der Waals surface area contributed by atoms with Crippen molar-refractivity contribution in [1.29, 1.82) is 0 Å². The van der Waals surface area contributed by atoms with Gasteiger partial charge in [-0.25, -0.2) is 4.68 Å². The first-order valence-electron chi connectivity index (χ1n) is 8.07. The Balaban J connectivity index is 1.82. The summed E-state index contributed by atoms with van der Waals surface area (Å²) in [6, 6.07) is 2.11. The number of aromatic nitrogens is 4. The third kappa shape index (κ3) is 4.66. The fraction of sp³-hybridized carbons (Fsp3) is 0.562. The van der Waals surface area contributed by atoms with E-state index in [0.29, 0.717) is 0 Å². The Kier molecular flexibility index (Phi) is 5.92. The van der Waals surface area contributed by atoms with Gasteiger partial charge in [-0.05, 0) is 32.8 Å². The lowest BCUT2D eigenvalue weighted by Crippen LogP contribution is -2.39. The summed E-state index contributed by atoms with van der Waals surface area (Å²) in [5, 5.41) is 14.7. The second kappa shape index (κ2) is 7.92. The van der Waals surface area contributed by atoms with Crippen molar-refractivity contribution >= 4 is 11.7 Å². The number of amides is 1. The van der Waals surface area contributed by atoms with Crippen molar-refractivity contribution in [3.8, 4) is 0 Å². The van der Waals surface area contributed by atoms with Gasteiger partial charge in [0.2, 0.25) is 5.91 Å². The lowest BCUT2D eigenvalue weighted by Gasteiger charge is -2.21. The highest BCUT2D eigenvalue weighted by Crippen LogP contribution is 2.11. The number of hydrogen-bond donors (Lipinski definition) is 2. The first kappa shape index (κ1) is 17.2. The highest BCUT2D eigenvalue weighted by molar-refractivity contribution is 5.91. The Morgan fingerprint density at radius 1 is 1.35 bits per heavy atom. The van der Waals surface area contributed by atoms with E-state index in [1.54, 1.807) is 10.9 Å². The second-order valence-electron chi connectivity index (χ2n) is 5.90. The number of nitrogens with one attached hydrogen (secondary N) is 2. The monoisotopic (exact) mass is 318 g/mol. The molecule has 0 radical (unpaired) electrons. The first-order chi connectivity index (χ1) is 11.0. The summed E-state index contributed by atoms with van der Waals surface area (Å²) in [5.74, 6) is 0.667. The normalized spacial score (nSPS) is 13.7. The average Bonchev–Trinajstić information content (AvgIpc) is 3.14. The zero-order valence-electron chi connectivity index (χ0n) is 14.3. The van der Waals surface area contributed by atoms with Gasteiger partial charge < -0.3 is 10.6 Å². The Bertz CT molecular complexity index is 632. The molecular formula is C16H26N6O. The van der Waals surface area contributed by atoms with Crippen LogP contribution in [-0.2, 0) is 11.3 Å². The molecule has 2 heterocycles. The van der Waals surface area contributed by atoms with Crippen LogP contribution in [0.4, 0.5) is 5.82 Å². The quantitative estimate of drug-likeness (QED) is 0.780. The Labute approximate surface area is 137 Å². The molecule has 0 aliphatic heterocycles. The van der Waals surface area contributed by atoms with Crippen LogP contribution in [-0.4, -0.2) is 38.1 Å². The molecule has 2 aromatic heterocycles. The van der Waals surface area contributed by atoms with Crippen LogP contribution in [0.3, 0.4) is 0 Å². The number of rotatable bonds is 8. The molecule has 0 fully saturated rings. The predicted molar refractivity (Wildman–Crippen MR) is 90.3 cm³/mol. The second-order valence-corrected chi connectivity index (χ2v) is 5.90. The van der Waals surface area contributed by atoms with Crippen LogP contribution >= 0.6 is 0 Å². The number of nitrogens with zero attached hydrogens (tertiary/aromatic N) is 4. The molecule has 0 aliphatic carbocycles. The van der Waals surface area contributed by atoms with Gasteiger partial charge in [0, 0.05) is 24.8 Å². The molecule has 0 saturated carbocycles. The number of anilines is 1. The van der Waals surface area contributed by atoms with E-state index in [4.69, 9.17) is 0 Å². The van der Waals surface area contributed by atoms with Crippen LogP contribution in [0.15, 0.2) is 24.7 Å². The molecule has 2 atom stereocenters. The molecular weight excluding hydrogens is 292 g/mol. The van der Waals surface area contributed by atoms with Gasteiger partial charge in [0.25, 0.3) is 0 Å². The highest BCUT2D eigenvalue weighted by Gasteiger charge is 2.16. The number of hydrogen-bond acceptors (Lipinski definition) is 4. The van der Waals surface area contributed by atoms with Gasteiger partial charge in [-0.2, -0.15) is 10.2 Å². The van der Waals surface area contributed by atoms with Gasteiger partial charge in [-0.1, -0.05) is 6.92 Å². The van der Waals surface area contributed by atoms with Gasteiger partial charge in [-0.15, -0.1) is 0 Å². The lowest BCUT2D eigenvalue weighted by molar-refractivity contribution is -0.115. The molecule has 0 aromatic carbocycles. The summed E-state index contributed by atoms with van der Waals surface area (Å²) < 4.78 is 3.72. The minimum atomic E-state index is -0.0708. The van der Waals surface area contributed by atoms with Crippen molar-refractivity contribution in [2.45, 2.75) is 52.7 Å². The van der Waals surface area contributed by atoms with Gasteiger partial charge in [0.15, 0.2) is 0 Å². The Morgan fingerprint density at radius 3 is 2.78 bits per heavy atom. The third-order valence-corrected chi connectivity index (χ3v) is 3.88. The van der Waals surface area contributed by atoms with E-state index in [0.717, 1.165) is 24.3 Å². The smallest absolute Gasteiger partial charge is 0.239 e. The van der Waals surface area contributed by atoms with Crippen molar-refractivity contribution in [1.82, 2.24) is 24.9 Å². The molecule has 0 aliphatic rings. The molecule has 2 aromatic rings. The van der Waals surface area contributed by atoms with Crippen molar-refractivity contribution in [2.24, 2.45) is 0 Å². The van der Waals surface area contributed by atoms with Gasteiger partial charge in [0.1, 0.15) is 5.82 Å². The SMILES string of the molecule is CCCn1nccc1NC(=O)CN[C@@H](C)[C@@H](C)n1cc(C)cn1. The molecule has 0 bridgehead atoms. The van der Waals surface area contributed by atoms with E-state index in [-0.39, 0.29) is 24.5 Å². The summed E-state index contributed by atoms with van der Waals surface area (Å²) in [6.07, 6.45) is 6.51. The van der Waals surface area contributed by atoms with E-state index in [9.17, 15) is 4.79 Å². The van der Waals surface area contributed by atoms with E-state index in [2.05, 4.69) is 41.6 Å². The van der Waals surface area contributed by atoms with Gasteiger partial charge >= 0.3 is 0 Å². The summed E-state index contributed by atoms with van der Waals surface area (Å²) >= 11 is 0. The van der Waals surface area contributed by atoms with Crippen molar-refractivity contribution in [3.05, 3.63) is 30.2 Å². The van der Waals surface area contributed by atoms with Crippen molar-refractivity contribution in [2.75, 3.05) is 11.9 Å². The van der Waals surface area contributed by atoms with Crippen LogP contribution in [0.1, 0.15) is 38.8 Å². The van der Waals surface area contributed by atoms with Crippen LogP contribution in [0.2, 0.25) is 0 Å². The van der Waals surface area contributed by atoms with Crippen LogP contribution in [0, 0.1) is 6.92 Å². The van der Waals surface area contributed by atoms with Gasteiger partial charge in [0.05, 0.1) is 25.0 Å². The molecule has 126 valence electrons. The van der Waals surface area contributed by atoms with Gasteiger partial charge in [-0.3, -0.25) is 9.48 Å². The van der Waals surface area contributed by atoms with Crippen LogP contribution in [0.5, 0.6) is 0 Å². The van der Waals surface area contributed by atoms with Crippen LogP contribution < -0.4 is 10.6 Å². The fourth-order valence-corrected chi connectivity index (χ4v) is 2.32. The third-order valence-electron chi connectivity index (χ3n) is 3.88. The largest absolute Gasteiger partial charge is 0.310 e. The molecule has 23 heavy (non-hydrogen) atoms. The zero-order valence-corrected chi connectivity index (χ0v) is 14.3. The minimum Gasteiger partial charge on any atom is -0.310 e. The average molecular weight is 318 g/mol. The van der Waals surface area contributed by atoms with E-state index >= 15 is 0 Å². The number of aryl methyl sites for hydroxylation is 2. The lowest BCUT2D eigenvalue weighted by atomic mass is 10.2. The zero-order chi connectivity index (χ0) is 16.8. The predicted octanol–water partition coefficient (Wildman–Crippen LogP) is 1.98. The molecule has 0 unspecified atom stereocenters. The summed E-state index contributed by atoms with van der Waals surface area (Å²) in [6.45, 7) is 9.27. The van der Waals surface area contributed by atoms with Crippen molar-refractivity contribution in [3.63, 3.8) is 0 Å². The summed E-state index contributed by atoms with van der Waals surface area (Å²) in [4.78, 5) is 12.1. The molecule has 2 N–H and O–H groups in total. The standard InChI is InChI=1S/C16H26N6O/c1-5-8-21-15(6-7-18-21)20-16(23)10-17-13(3)14(4)22-11-12(2)9-19-22/h6-7,9,11,13-14,17H,5,8,10H2,1-4H3,(H,20,23)/t13-,14+/m0/s1. The number of carbonyl (C=O) groups is 1. The molecule has 0 saturated heterocycles. The van der Waals surface area contributed by atoms with Crippen molar-refractivity contribution < 1.29 is 4.79 Å². The first-order valence-corrected chi connectivity index (χ1v) is 8.07. The summed E-state index contributed by atoms with van der Waals surface area (Å²) in [7, 11) is 0. The molecule has 7 nitrogen and oxygen atoms in total. The van der Waals surface area contributed by atoms with E-state index < -0.39 is 0 Å². The molecule has 1 amide bonds. The van der Waals surface area contributed by atoms with E-state index in [1.807, 2.05) is 30.1 Å². The maximum atomic E-state index is 12.1. The maximum Gasteiger partial charge on any atom is 0.239 e. The highest BCUT2D eigenvalue weighted by atomic mass is 16.2. The number of carbonyl (C=O) groups excluding carboxylic acids is 1. The topological polar surface area (TPSA) is 76.8 Å². The summed E-state index contributed by atoms with van der Waals surface area (Å²) in [5.41, 5.74) is 1.13. The van der Waals surface area contributed by atoms with Crippen LogP contribution in [0.25, 0.3) is 0 Å².